The maximum Gasteiger partial charge on any atom is 0.257 e. The van der Waals surface area contributed by atoms with Crippen LogP contribution in [0.3, 0.4) is 0 Å². The molecule has 2 bridgehead atoms. The number of ether oxygens (including phenoxy) is 2. The Morgan fingerprint density at radius 3 is 2.46 bits per heavy atom. The van der Waals surface area contributed by atoms with Crippen molar-refractivity contribution in [3.63, 3.8) is 0 Å². The van der Waals surface area contributed by atoms with Crippen LogP contribution in [-0.4, -0.2) is 107 Å². The van der Waals surface area contributed by atoms with E-state index in [1.807, 2.05) is 31.5 Å². The fourth-order valence-electron chi connectivity index (χ4n) is 5.91. The second kappa shape index (κ2) is 21.6. The van der Waals surface area contributed by atoms with Crippen LogP contribution in [0.5, 0.6) is 11.5 Å². The number of hydrogen-bond acceptors (Lipinski definition) is 9. The van der Waals surface area contributed by atoms with Gasteiger partial charge in [-0.3, -0.25) is 24.0 Å². The number of aliphatic hydroxyl groups excluding tert-OH is 1. The minimum absolute atomic E-state index is 0.0296. The molecule has 0 saturated carbocycles. The number of amides is 5. The molecule has 0 fully saturated rings. The van der Waals surface area contributed by atoms with Gasteiger partial charge in [0.1, 0.15) is 17.9 Å². The van der Waals surface area contributed by atoms with E-state index in [-0.39, 0.29) is 49.6 Å². The molecule has 0 saturated heterocycles. The number of aliphatic hydroxyl groups is 1. The van der Waals surface area contributed by atoms with Gasteiger partial charge in [-0.2, -0.15) is 0 Å². The van der Waals surface area contributed by atoms with Crippen molar-refractivity contribution >= 4 is 29.5 Å². The molecule has 4 rings (SSSR count). The second-order valence-corrected chi connectivity index (χ2v) is 13.5. The van der Waals surface area contributed by atoms with E-state index in [1.165, 1.54) is 14.0 Å². The summed E-state index contributed by atoms with van der Waals surface area (Å²) in [5.41, 5.74) is 0.788. The van der Waals surface area contributed by atoms with Crippen LogP contribution in [0.1, 0.15) is 77.6 Å². The van der Waals surface area contributed by atoms with Crippen LogP contribution in [0, 0.1) is 5.92 Å². The van der Waals surface area contributed by atoms with Gasteiger partial charge in [0, 0.05) is 64.4 Å². The summed E-state index contributed by atoms with van der Waals surface area (Å²) in [7, 11) is 1.49. The van der Waals surface area contributed by atoms with E-state index in [4.69, 9.17) is 9.47 Å². The largest absolute Gasteiger partial charge is 0.493 e. The molecule has 288 valence electrons. The summed E-state index contributed by atoms with van der Waals surface area (Å²) in [6, 6.07) is 3.04. The lowest BCUT2D eigenvalue weighted by molar-refractivity contribution is -0.134. The van der Waals surface area contributed by atoms with Crippen molar-refractivity contribution in [1.29, 1.82) is 0 Å². The van der Waals surface area contributed by atoms with Crippen molar-refractivity contribution in [3.8, 4) is 11.5 Å². The van der Waals surface area contributed by atoms with Gasteiger partial charge in [-0.05, 0) is 62.6 Å². The summed E-state index contributed by atoms with van der Waals surface area (Å²) in [5.74, 6) is -0.0657. The van der Waals surface area contributed by atoms with Gasteiger partial charge in [-0.15, -0.1) is 0 Å². The van der Waals surface area contributed by atoms with Crippen molar-refractivity contribution in [1.82, 2.24) is 35.7 Å². The standard InChI is InChI=1S/C37H57N7O8/c1-6-31-38-17-21-43(31)20-14-34(48)44-18-8-7-15-40-37(50)35(26(4)45)42-36(49)28(22-25(2)3)41-32(46)13-11-27-10-12-29(30(23-27)51-5)52-24-33(47)39-16-9-19-44/h10,12,17,21,23,25-26,28,35,45H,6-9,11,13-16,18-20,22,24H2,1-5H3,(H,39,47)(H,40,50)(H,41,46)(H,42,49)/t26-,28-,35+/m1/s1. The Balaban J connectivity index is 1.75. The molecule has 0 spiro atoms. The van der Waals surface area contributed by atoms with E-state index in [9.17, 15) is 29.1 Å². The Bertz CT molecular complexity index is 1480. The second-order valence-electron chi connectivity index (χ2n) is 13.5. The van der Waals surface area contributed by atoms with Gasteiger partial charge in [0.25, 0.3) is 5.91 Å². The van der Waals surface area contributed by atoms with Gasteiger partial charge in [-0.25, -0.2) is 4.98 Å². The lowest BCUT2D eigenvalue weighted by Gasteiger charge is -2.26. The normalized spacial score (nSPS) is 19.9. The predicted octanol–water partition coefficient (Wildman–Crippen LogP) is 1.50. The van der Waals surface area contributed by atoms with Gasteiger partial charge in [-0.1, -0.05) is 26.8 Å². The van der Waals surface area contributed by atoms with Crippen LogP contribution in [0.2, 0.25) is 0 Å². The molecule has 3 atom stereocenters. The number of methoxy groups -OCH3 is 1. The maximum atomic E-state index is 13.4. The fraction of sp³-hybridized carbons (Fsp3) is 0.622. The zero-order valence-electron chi connectivity index (χ0n) is 31.2. The number of rotatable bonds is 8. The smallest absolute Gasteiger partial charge is 0.257 e. The van der Waals surface area contributed by atoms with E-state index in [0.717, 1.165) is 17.8 Å². The van der Waals surface area contributed by atoms with Crippen molar-refractivity contribution < 1.29 is 38.6 Å². The minimum atomic E-state index is -1.23. The molecular weight excluding hydrogens is 670 g/mol. The van der Waals surface area contributed by atoms with E-state index < -0.39 is 30.0 Å². The molecule has 0 radical (unpaired) electrons. The van der Waals surface area contributed by atoms with Crippen LogP contribution in [0.4, 0.5) is 0 Å². The summed E-state index contributed by atoms with van der Waals surface area (Å²) in [4.78, 5) is 71.5. The number of carbonyl (C=O) groups excluding carboxylic acids is 5. The Morgan fingerprint density at radius 2 is 1.75 bits per heavy atom. The number of aromatic nitrogens is 2. The number of nitrogens with one attached hydrogen (secondary N) is 4. The van der Waals surface area contributed by atoms with Gasteiger partial charge in [0.15, 0.2) is 18.1 Å². The van der Waals surface area contributed by atoms with Gasteiger partial charge >= 0.3 is 0 Å². The highest BCUT2D eigenvalue weighted by molar-refractivity contribution is 5.92. The Hall–Kier alpha value is -4.66. The molecule has 2 aliphatic heterocycles. The summed E-state index contributed by atoms with van der Waals surface area (Å²) in [5, 5.41) is 21.5. The van der Waals surface area contributed by atoms with Gasteiger partial charge in [0.2, 0.25) is 23.6 Å². The zero-order valence-corrected chi connectivity index (χ0v) is 31.2. The van der Waals surface area contributed by atoms with Gasteiger partial charge < -0.3 is 45.3 Å². The average Bonchev–Trinajstić information content (AvgIpc) is 3.58. The number of imidazole rings is 1. The lowest BCUT2D eigenvalue weighted by Crippen LogP contribution is -2.57. The zero-order chi connectivity index (χ0) is 38.0. The first-order valence-corrected chi connectivity index (χ1v) is 18.3. The van der Waals surface area contributed by atoms with Crippen molar-refractivity contribution in [3.05, 3.63) is 42.0 Å². The van der Waals surface area contributed by atoms with E-state index in [2.05, 4.69) is 26.3 Å². The summed E-state index contributed by atoms with van der Waals surface area (Å²) < 4.78 is 13.2. The van der Waals surface area contributed by atoms with Gasteiger partial charge in [0.05, 0.1) is 13.2 Å². The molecular formula is C37H57N7O8. The summed E-state index contributed by atoms with van der Waals surface area (Å²) in [6.45, 7) is 9.02. The monoisotopic (exact) mass is 727 g/mol. The first-order valence-electron chi connectivity index (χ1n) is 18.3. The third kappa shape index (κ3) is 13.8. The van der Waals surface area contributed by atoms with Crippen LogP contribution in [0.15, 0.2) is 30.6 Å². The van der Waals surface area contributed by atoms with Crippen LogP contribution < -0.4 is 30.7 Å². The molecule has 1 aromatic heterocycles. The molecule has 52 heavy (non-hydrogen) atoms. The number of nitrogens with zero attached hydrogens (tertiary/aromatic N) is 3. The predicted molar refractivity (Wildman–Crippen MR) is 194 cm³/mol. The average molecular weight is 728 g/mol. The van der Waals surface area contributed by atoms with E-state index >= 15 is 0 Å². The topological polar surface area (TPSA) is 193 Å². The molecule has 2 aliphatic rings. The highest BCUT2D eigenvalue weighted by Gasteiger charge is 2.30. The molecule has 1 aromatic carbocycles. The van der Waals surface area contributed by atoms with Crippen molar-refractivity contribution in [2.75, 3.05) is 39.9 Å². The number of benzene rings is 1. The van der Waals surface area contributed by atoms with Crippen LogP contribution in [0.25, 0.3) is 0 Å². The molecule has 2 aromatic rings. The van der Waals surface area contributed by atoms with Crippen molar-refractivity contribution in [2.45, 2.75) is 104 Å². The number of aryl methyl sites for hydroxylation is 3. The van der Waals surface area contributed by atoms with E-state index in [1.54, 1.807) is 29.3 Å². The summed E-state index contributed by atoms with van der Waals surface area (Å²) in [6.07, 6.45) is 5.86. The fourth-order valence-corrected chi connectivity index (χ4v) is 5.91. The molecule has 0 unspecified atom stereocenters. The first kappa shape index (κ1) is 41.8. The number of carbonyl (C=O) groups is 5. The Kier molecular flexibility index (Phi) is 17.4. The molecule has 15 heteroatoms. The molecule has 15 nitrogen and oxygen atoms in total. The Labute approximate surface area is 306 Å². The molecule has 5 amide bonds. The SMILES string of the molecule is CCc1nccn1CCC(=O)N1CCCCNC(=O)[C@H]([C@@H](C)O)NC(=O)[C@@H](CC(C)C)NC(=O)CCc2ccc(c(OC)c2)OCC(=O)NCCC1. The Morgan fingerprint density at radius 1 is 1.00 bits per heavy atom. The lowest BCUT2D eigenvalue weighted by atomic mass is 10.0. The molecule has 5 N–H and O–H groups in total. The maximum absolute atomic E-state index is 13.4. The minimum Gasteiger partial charge on any atom is -0.493 e. The third-order valence-corrected chi connectivity index (χ3v) is 8.77. The highest BCUT2D eigenvalue weighted by Crippen LogP contribution is 2.28. The third-order valence-electron chi connectivity index (χ3n) is 8.77. The number of fused-ring (bicyclic) bond motifs is 23. The number of hydrogen-bond donors (Lipinski definition) is 5. The first-order chi connectivity index (χ1) is 24.9. The highest BCUT2D eigenvalue weighted by atomic mass is 16.5. The van der Waals surface area contributed by atoms with E-state index in [0.29, 0.717) is 69.8 Å². The molecule has 0 aliphatic carbocycles. The van der Waals surface area contributed by atoms with Crippen LogP contribution in [-0.2, 0) is 43.4 Å². The quantitative estimate of drug-likeness (QED) is 0.251. The summed E-state index contributed by atoms with van der Waals surface area (Å²) >= 11 is 0. The van der Waals surface area contributed by atoms with Crippen molar-refractivity contribution in [2.24, 2.45) is 5.92 Å². The van der Waals surface area contributed by atoms with Crippen LogP contribution >= 0.6 is 0 Å². The molecule has 3 heterocycles.